The summed E-state index contributed by atoms with van der Waals surface area (Å²) in [4.78, 5) is 0. The van der Waals surface area contributed by atoms with Crippen molar-refractivity contribution in [3.63, 3.8) is 0 Å². The second kappa shape index (κ2) is 6.05. The fraction of sp³-hybridized carbons (Fsp3) is 0.368. The van der Waals surface area contributed by atoms with Gasteiger partial charge in [0.15, 0.2) is 0 Å². The van der Waals surface area contributed by atoms with Crippen LogP contribution in [0.25, 0.3) is 11.1 Å². The summed E-state index contributed by atoms with van der Waals surface area (Å²) in [5, 5.41) is 3.67. The predicted octanol–water partition coefficient (Wildman–Crippen LogP) is 4.78. The number of piperidine rings is 1. The van der Waals surface area contributed by atoms with Crippen LogP contribution in [0.5, 0.6) is 5.75 Å². The average Bonchev–Trinajstić information content (AvgIpc) is 2.89. The third-order valence-electron chi connectivity index (χ3n) is 4.76. The standard InChI is InChI=1S/C19H20BrNO/c20-18-9-6-14(13-4-2-1-3-5-13)10-19(18)22-17-11-15-7-8-16(12-17)21-15/h1-6,9-10,15-17,21H,7-8,11-12H2/t15-,16+,17-. The Bertz CT molecular complexity index is 646. The molecule has 2 aromatic carbocycles. The molecular formula is C19H20BrNO. The zero-order valence-corrected chi connectivity index (χ0v) is 14.1. The molecule has 1 N–H and O–H groups in total. The smallest absolute Gasteiger partial charge is 0.134 e. The Kier molecular flexibility index (Phi) is 3.93. The number of nitrogens with one attached hydrogen (secondary N) is 1. The van der Waals surface area contributed by atoms with E-state index in [1.165, 1.54) is 24.0 Å². The second-order valence-corrected chi connectivity index (χ2v) is 7.21. The summed E-state index contributed by atoms with van der Waals surface area (Å²) in [5.74, 6) is 0.965. The van der Waals surface area contributed by atoms with Crippen molar-refractivity contribution in [1.82, 2.24) is 5.32 Å². The summed E-state index contributed by atoms with van der Waals surface area (Å²) in [6, 6.07) is 18.2. The van der Waals surface area contributed by atoms with Crippen LogP contribution in [0.4, 0.5) is 0 Å². The molecule has 2 heterocycles. The Morgan fingerprint density at radius 1 is 0.909 bits per heavy atom. The normalized spacial score (nSPS) is 26.9. The topological polar surface area (TPSA) is 21.3 Å². The first-order chi connectivity index (χ1) is 10.8. The van der Waals surface area contributed by atoms with E-state index in [0.29, 0.717) is 18.2 Å². The maximum atomic E-state index is 6.34. The lowest BCUT2D eigenvalue weighted by atomic mass is 10.0. The predicted molar refractivity (Wildman–Crippen MR) is 93.2 cm³/mol. The molecule has 2 bridgehead atoms. The molecule has 0 amide bonds. The lowest BCUT2D eigenvalue weighted by Crippen LogP contribution is -2.42. The summed E-state index contributed by atoms with van der Waals surface area (Å²) < 4.78 is 7.38. The molecule has 0 saturated carbocycles. The average molecular weight is 358 g/mol. The van der Waals surface area contributed by atoms with Crippen molar-refractivity contribution in [2.75, 3.05) is 0 Å². The van der Waals surface area contributed by atoms with Crippen LogP contribution in [0.15, 0.2) is 53.0 Å². The van der Waals surface area contributed by atoms with Gasteiger partial charge in [-0.15, -0.1) is 0 Å². The maximum Gasteiger partial charge on any atom is 0.134 e. The minimum absolute atomic E-state index is 0.334. The molecule has 2 nitrogen and oxygen atoms in total. The van der Waals surface area contributed by atoms with Crippen molar-refractivity contribution in [3.05, 3.63) is 53.0 Å². The monoisotopic (exact) mass is 357 g/mol. The van der Waals surface area contributed by atoms with Gasteiger partial charge < -0.3 is 10.1 Å². The molecule has 4 rings (SSSR count). The molecule has 3 atom stereocenters. The molecule has 2 saturated heterocycles. The summed E-state index contributed by atoms with van der Waals surface area (Å²) in [6.45, 7) is 0. The highest BCUT2D eigenvalue weighted by Gasteiger charge is 2.34. The van der Waals surface area contributed by atoms with E-state index >= 15 is 0 Å². The summed E-state index contributed by atoms with van der Waals surface area (Å²) >= 11 is 3.64. The highest BCUT2D eigenvalue weighted by molar-refractivity contribution is 9.10. The third-order valence-corrected chi connectivity index (χ3v) is 5.42. The largest absolute Gasteiger partial charge is 0.489 e. The van der Waals surface area contributed by atoms with Gasteiger partial charge >= 0.3 is 0 Å². The van der Waals surface area contributed by atoms with Crippen LogP contribution in [0, 0.1) is 0 Å². The van der Waals surface area contributed by atoms with Gasteiger partial charge in [0.2, 0.25) is 0 Å². The Hall–Kier alpha value is -1.32. The van der Waals surface area contributed by atoms with Crippen LogP contribution in [0.2, 0.25) is 0 Å². The van der Waals surface area contributed by atoms with E-state index in [2.05, 4.69) is 63.7 Å². The third kappa shape index (κ3) is 2.92. The van der Waals surface area contributed by atoms with Gasteiger partial charge in [-0.3, -0.25) is 0 Å². The van der Waals surface area contributed by atoms with Crippen LogP contribution >= 0.6 is 15.9 Å². The van der Waals surface area contributed by atoms with E-state index in [9.17, 15) is 0 Å². The Morgan fingerprint density at radius 2 is 1.64 bits per heavy atom. The van der Waals surface area contributed by atoms with Gasteiger partial charge in [0.05, 0.1) is 4.47 Å². The first kappa shape index (κ1) is 14.3. The molecule has 3 heteroatoms. The Balaban J connectivity index is 1.56. The van der Waals surface area contributed by atoms with Crippen LogP contribution in [0.3, 0.4) is 0 Å². The van der Waals surface area contributed by atoms with Crippen molar-refractivity contribution in [1.29, 1.82) is 0 Å². The summed E-state index contributed by atoms with van der Waals surface area (Å²) in [6.07, 6.45) is 5.18. The molecule has 2 fully saturated rings. The number of fused-ring (bicyclic) bond motifs is 2. The van der Waals surface area contributed by atoms with Crippen molar-refractivity contribution < 1.29 is 4.74 Å². The fourth-order valence-corrected chi connectivity index (χ4v) is 4.02. The molecule has 0 radical (unpaired) electrons. The molecular weight excluding hydrogens is 338 g/mol. The number of ether oxygens (including phenoxy) is 1. The lowest BCUT2D eigenvalue weighted by molar-refractivity contribution is 0.136. The van der Waals surface area contributed by atoms with E-state index in [4.69, 9.17) is 4.74 Å². The number of halogens is 1. The van der Waals surface area contributed by atoms with E-state index in [-0.39, 0.29) is 0 Å². The fourth-order valence-electron chi connectivity index (χ4n) is 3.68. The molecule has 0 aromatic heterocycles. The van der Waals surface area contributed by atoms with Crippen LogP contribution in [-0.2, 0) is 0 Å². The molecule has 22 heavy (non-hydrogen) atoms. The zero-order chi connectivity index (χ0) is 14.9. The minimum Gasteiger partial charge on any atom is -0.489 e. The van der Waals surface area contributed by atoms with Gasteiger partial charge in [-0.25, -0.2) is 0 Å². The number of hydrogen-bond acceptors (Lipinski definition) is 2. The SMILES string of the molecule is Brc1ccc(-c2ccccc2)cc1O[C@@H]1C[C@H]2CC[C@@H](C1)N2. The van der Waals surface area contributed by atoms with Crippen molar-refractivity contribution in [2.24, 2.45) is 0 Å². The van der Waals surface area contributed by atoms with E-state index in [1.807, 2.05) is 6.07 Å². The zero-order valence-electron chi connectivity index (χ0n) is 12.5. The van der Waals surface area contributed by atoms with Gasteiger partial charge in [0.1, 0.15) is 11.9 Å². The maximum absolute atomic E-state index is 6.34. The van der Waals surface area contributed by atoms with Crippen molar-refractivity contribution in [2.45, 2.75) is 43.9 Å². The van der Waals surface area contributed by atoms with Gasteiger partial charge in [-0.2, -0.15) is 0 Å². The van der Waals surface area contributed by atoms with E-state index < -0.39 is 0 Å². The van der Waals surface area contributed by atoms with Crippen LogP contribution < -0.4 is 10.1 Å². The molecule has 114 valence electrons. The van der Waals surface area contributed by atoms with Gasteiger partial charge in [-0.05, 0) is 64.9 Å². The van der Waals surface area contributed by atoms with Gasteiger partial charge in [0.25, 0.3) is 0 Å². The number of benzene rings is 2. The molecule has 2 aliphatic rings. The molecule has 0 unspecified atom stereocenters. The highest BCUT2D eigenvalue weighted by atomic mass is 79.9. The lowest BCUT2D eigenvalue weighted by Gasteiger charge is -2.30. The quantitative estimate of drug-likeness (QED) is 0.853. The van der Waals surface area contributed by atoms with Crippen LogP contribution in [0.1, 0.15) is 25.7 Å². The number of hydrogen-bond donors (Lipinski definition) is 1. The minimum atomic E-state index is 0.334. The molecule has 0 aliphatic carbocycles. The Morgan fingerprint density at radius 3 is 2.36 bits per heavy atom. The second-order valence-electron chi connectivity index (χ2n) is 6.36. The molecule has 0 spiro atoms. The van der Waals surface area contributed by atoms with Gasteiger partial charge in [-0.1, -0.05) is 36.4 Å². The van der Waals surface area contributed by atoms with Gasteiger partial charge in [0, 0.05) is 12.1 Å². The molecule has 2 aromatic rings. The summed E-state index contributed by atoms with van der Waals surface area (Å²) in [5.41, 5.74) is 2.43. The first-order valence-corrected chi connectivity index (χ1v) is 8.85. The van der Waals surface area contributed by atoms with Crippen molar-refractivity contribution in [3.8, 4) is 16.9 Å². The Labute approximate surface area is 140 Å². The van der Waals surface area contributed by atoms with Crippen molar-refractivity contribution >= 4 is 15.9 Å². The molecule has 2 aliphatic heterocycles. The van der Waals surface area contributed by atoms with E-state index in [0.717, 1.165) is 23.1 Å². The number of rotatable bonds is 3. The highest BCUT2D eigenvalue weighted by Crippen LogP contribution is 2.35. The van der Waals surface area contributed by atoms with Crippen LogP contribution in [-0.4, -0.2) is 18.2 Å². The first-order valence-electron chi connectivity index (χ1n) is 8.05. The van der Waals surface area contributed by atoms with E-state index in [1.54, 1.807) is 0 Å². The summed E-state index contributed by atoms with van der Waals surface area (Å²) in [7, 11) is 0.